The molecule has 1 N–H and O–H groups in total. The van der Waals surface area contributed by atoms with E-state index >= 15 is 0 Å². The van der Waals surface area contributed by atoms with E-state index in [2.05, 4.69) is 0 Å². The van der Waals surface area contributed by atoms with Crippen LogP contribution in [0.4, 0.5) is 0 Å². The molecule has 0 bridgehead atoms. The third kappa shape index (κ3) is 3.40. The summed E-state index contributed by atoms with van der Waals surface area (Å²) in [5, 5.41) is 8.44. The standard InChI is InChI=1S/C11H13NO4S/c1-12(2)17(15,16)10-6-3-9(4-7-10)5-8-11(13)14/h3-8H,1-2H3,(H,13,14). The number of sulfonamides is 1. The van der Waals surface area contributed by atoms with Gasteiger partial charge in [0.1, 0.15) is 0 Å². The molecule has 92 valence electrons. The Balaban J connectivity index is 3.01. The third-order valence-corrected chi connectivity index (χ3v) is 3.91. The zero-order chi connectivity index (χ0) is 13.1. The van der Waals surface area contributed by atoms with Crippen LogP contribution >= 0.6 is 0 Å². The third-order valence-electron chi connectivity index (χ3n) is 2.08. The normalized spacial score (nSPS) is 12.2. The fourth-order valence-electron chi connectivity index (χ4n) is 1.13. The van der Waals surface area contributed by atoms with Crippen molar-refractivity contribution < 1.29 is 18.3 Å². The van der Waals surface area contributed by atoms with Gasteiger partial charge in [-0.2, -0.15) is 0 Å². The molecule has 0 radical (unpaired) electrons. The summed E-state index contributed by atoms with van der Waals surface area (Å²) in [6.45, 7) is 0. The van der Waals surface area contributed by atoms with Crippen molar-refractivity contribution in [2.75, 3.05) is 14.1 Å². The SMILES string of the molecule is CN(C)S(=O)(=O)c1ccc(C=CC(=O)O)cc1. The predicted octanol–water partition coefficient (Wildman–Crippen LogP) is 1.03. The molecule has 0 spiro atoms. The van der Waals surface area contributed by atoms with Crippen molar-refractivity contribution in [2.45, 2.75) is 4.90 Å². The quantitative estimate of drug-likeness (QED) is 0.815. The summed E-state index contributed by atoms with van der Waals surface area (Å²) >= 11 is 0. The molecule has 0 aliphatic heterocycles. The fourth-order valence-corrected chi connectivity index (χ4v) is 2.03. The molecular formula is C11H13NO4S. The molecule has 6 heteroatoms. The van der Waals surface area contributed by atoms with E-state index in [9.17, 15) is 13.2 Å². The minimum absolute atomic E-state index is 0.176. The number of rotatable bonds is 4. The van der Waals surface area contributed by atoms with Crippen molar-refractivity contribution in [3.05, 3.63) is 35.9 Å². The van der Waals surface area contributed by atoms with Crippen LogP contribution in [0, 0.1) is 0 Å². The van der Waals surface area contributed by atoms with Crippen LogP contribution in [-0.4, -0.2) is 37.9 Å². The summed E-state index contributed by atoms with van der Waals surface area (Å²) in [6, 6.07) is 5.99. The Morgan fingerprint density at radius 2 is 1.76 bits per heavy atom. The van der Waals surface area contributed by atoms with Crippen LogP contribution in [0.15, 0.2) is 35.2 Å². The molecule has 0 saturated carbocycles. The van der Waals surface area contributed by atoms with Crippen molar-refractivity contribution >= 4 is 22.1 Å². The Hall–Kier alpha value is -1.66. The molecule has 0 aliphatic carbocycles. The Bertz CT molecular complexity index is 529. The van der Waals surface area contributed by atoms with Gasteiger partial charge < -0.3 is 5.11 Å². The Morgan fingerprint density at radius 1 is 1.24 bits per heavy atom. The molecule has 1 rings (SSSR count). The number of carboxylic acids is 1. The first-order chi connectivity index (χ1) is 7.84. The summed E-state index contributed by atoms with van der Waals surface area (Å²) in [5.41, 5.74) is 0.630. The molecular weight excluding hydrogens is 242 g/mol. The highest BCUT2D eigenvalue weighted by Crippen LogP contribution is 2.14. The molecule has 0 unspecified atom stereocenters. The molecule has 0 amide bonds. The van der Waals surface area contributed by atoms with Gasteiger partial charge in [-0.1, -0.05) is 12.1 Å². The zero-order valence-electron chi connectivity index (χ0n) is 9.49. The monoisotopic (exact) mass is 255 g/mol. The summed E-state index contributed by atoms with van der Waals surface area (Å²) < 4.78 is 24.6. The summed E-state index contributed by atoms with van der Waals surface area (Å²) in [5.74, 6) is -1.05. The molecule has 1 aromatic rings. The van der Waals surface area contributed by atoms with Crippen molar-refractivity contribution in [3.8, 4) is 0 Å². The average molecular weight is 255 g/mol. The minimum atomic E-state index is -3.43. The van der Waals surface area contributed by atoms with Gasteiger partial charge in [0.25, 0.3) is 0 Å². The van der Waals surface area contributed by atoms with Gasteiger partial charge in [0, 0.05) is 20.2 Å². The van der Waals surface area contributed by atoms with Crippen LogP contribution in [0.25, 0.3) is 6.08 Å². The van der Waals surface area contributed by atoms with Crippen LogP contribution in [-0.2, 0) is 14.8 Å². The molecule has 0 aliphatic rings. The number of benzene rings is 1. The Kier molecular flexibility index (Phi) is 4.03. The van der Waals surface area contributed by atoms with E-state index < -0.39 is 16.0 Å². The fraction of sp³-hybridized carbons (Fsp3) is 0.182. The lowest BCUT2D eigenvalue weighted by atomic mass is 10.2. The van der Waals surface area contributed by atoms with E-state index in [0.29, 0.717) is 5.56 Å². The van der Waals surface area contributed by atoms with Crippen LogP contribution in [0.3, 0.4) is 0 Å². The maximum atomic E-state index is 11.7. The Morgan fingerprint density at radius 3 is 2.18 bits per heavy atom. The van der Waals surface area contributed by atoms with Gasteiger partial charge >= 0.3 is 5.97 Å². The smallest absolute Gasteiger partial charge is 0.328 e. The lowest BCUT2D eigenvalue weighted by Crippen LogP contribution is -2.22. The van der Waals surface area contributed by atoms with Gasteiger partial charge in [-0.3, -0.25) is 0 Å². The molecule has 0 saturated heterocycles. The highest BCUT2D eigenvalue weighted by atomic mass is 32.2. The van der Waals surface area contributed by atoms with Crippen molar-refractivity contribution in [1.82, 2.24) is 4.31 Å². The van der Waals surface area contributed by atoms with Crippen molar-refractivity contribution in [3.63, 3.8) is 0 Å². The van der Waals surface area contributed by atoms with Gasteiger partial charge in [-0.05, 0) is 23.8 Å². The zero-order valence-corrected chi connectivity index (χ0v) is 10.3. The predicted molar refractivity (Wildman–Crippen MR) is 64.0 cm³/mol. The number of carbonyl (C=O) groups is 1. The first kappa shape index (κ1) is 13.4. The van der Waals surface area contributed by atoms with Crippen LogP contribution in [0.1, 0.15) is 5.56 Å². The molecule has 0 atom stereocenters. The van der Waals surface area contributed by atoms with Gasteiger partial charge in [0.15, 0.2) is 0 Å². The second kappa shape index (κ2) is 5.11. The number of aliphatic carboxylic acids is 1. The van der Waals surface area contributed by atoms with Gasteiger partial charge in [-0.25, -0.2) is 17.5 Å². The van der Waals surface area contributed by atoms with Crippen LogP contribution in [0.5, 0.6) is 0 Å². The van der Waals surface area contributed by atoms with E-state index in [0.717, 1.165) is 10.4 Å². The van der Waals surface area contributed by atoms with Gasteiger partial charge in [0.2, 0.25) is 10.0 Å². The topological polar surface area (TPSA) is 74.7 Å². The number of nitrogens with zero attached hydrogens (tertiary/aromatic N) is 1. The lowest BCUT2D eigenvalue weighted by Gasteiger charge is -2.10. The number of carboxylic acid groups (broad SMARTS) is 1. The van der Waals surface area contributed by atoms with E-state index in [1.807, 2.05) is 0 Å². The minimum Gasteiger partial charge on any atom is -0.478 e. The summed E-state index contributed by atoms with van der Waals surface area (Å²) in [6.07, 6.45) is 2.39. The van der Waals surface area contributed by atoms with Crippen molar-refractivity contribution in [2.24, 2.45) is 0 Å². The first-order valence-electron chi connectivity index (χ1n) is 4.77. The van der Waals surface area contributed by atoms with E-state index in [-0.39, 0.29) is 4.90 Å². The second-order valence-electron chi connectivity index (χ2n) is 3.53. The molecule has 0 aromatic heterocycles. The molecule has 1 aromatic carbocycles. The maximum Gasteiger partial charge on any atom is 0.328 e. The maximum absolute atomic E-state index is 11.7. The molecule has 0 fully saturated rings. The lowest BCUT2D eigenvalue weighted by molar-refractivity contribution is -0.131. The molecule has 17 heavy (non-hydrogen) atoms. The van der Waals surface area contributed by atoms with Gasteiger partial charge in [-0.15, -0.1) is 0 Å². The van der Waals surface area contributed by atoms with Gasteiger partial charge in [0.05, 0.1) is 4.90 Å². The highest BCUT2D eigenvalue weighted by Gasteiger charge is 2.16. The second-order valence-corrected chi connectivity index (χ2v) is 5.68. The molecule has 0 heterocycles. The van der Waals surface area contributed by atoms with E-state index in [1.165, 1.54) is 32.3 Å². The summed E-state index contributed by atoms with van der Waals surface area (Å²) in [7, 11) is -0.528. The first-order valence-corrected chi connectivity index (χ1v) is 6.21. The Labute approximate surface area is 100 Å². The van der Waals surface area contributed by atoms with Crippen molar-refractivity contribution in [1.29, 1.82) is 0 Å². The van der Waals surface area contributed by atoms with Crippen LogP contribution in [0.2, 0.25) is 0 Å². The van der Waals surface area contributed by atoms with E-state index in [1.54, 1.807) is 12.1 Å². The average Bonchev–Trinajstić information content (AvgIpc) is 2.26. The van der Waals surface area contributed by atoms with Crippen LogP contribution < -0.4 is 0 Å². The summed E-state index contributed by atoms with van der Waals surface area (Å²) in [4.78, 5) is 10.5. The largest absolute Gasteiger partial charge is 0.478 e. The number of hydrogen-bond acceptors (Lipinski definition) is 3. The number of hydrogen-bond donors (Lipinski definition) is 1. The molecule has 5 nitrogen and oxygen atoms in total. The highest BCUT2D eigenvalue weighted by molar-refractivity contribution is 7.89. The van der Waals surface area contributed by atoms with E-state index in [4.69, 9.17) is 5.11 Å².